The Kier molecular flexibility index (Phi) is 8.25. The van der Waals surface area contributed by atoms with Gasteiger partial charge in [-0.25, -0.2) is 4.98 Å². The standard InChI is InChI=1S/C24H29N3OS/c1-3-4-5-6-10-17-28-22-15-13-20(14-16-22)18-25-27-24-26-23(19(2)29-24)21-11-8-7-9-12-21/h7-9,11-16,18H,3-6,10,17H2,1-2H3,(H,26,27)/b25-18-. The van der Waals surface area contributed by atoms with Gasteiger partial charge < -0.3 is 4.74 Å². The van der Waals surface area contributed by atoms with Crippen LogP contribution in [-0.2, 0) is 0 Å². The summed E-state index contributed by atoms with van der Waals surface area (Å²) < 4.78 is 5.80. The Morgan fingerprint density at radius 1 is 1.00 bits per heavy atom. The van der Waals surface area contributed by atoms with Gasteiger partial charge in [0.1, 0.15) is 5.75 Å². The van der Waals surface area contributed by atoms with Gasteiger partial charge in [0.15, 0.2) is 0 Å². The molecule has 4 nitrogen and oxygen atoms in total. The van der Waals surface area contributed by atoms with Gasteiger partial charge in [-0.05, 0) is 43.2 Å². The molecule has 1 aromatic heterocycles. The summed E-state index contributed by atoms with van der Waals surface area (Å²) in [6.07, 6.45) is 8.05. The number of hydrogen-bond donors (Lipinski definition) is 1. The molecule has 2 aromatic carbocycles. The lowest BCUT2D eigenvalue weighted by Crippen LogP contribution is -1.97. The van der Waals surface area contributed by atoms with Crippen molar-refractivity contribution in [3.63, 3.8) is 0 Å². The molecule has 0 unspecified atom stereocenters. The smallest absolute Gasteiger partial charge is 0.204 e. The maximum Gasteiger partial charge on any atom is 0.204 e. The summed E-state index contributed by atoms with van der Waals surface area (Å²) >= 11 is 1.61. The van der Waals surface area contributed by atoms with E-state index in [-0.39, 0.29) is 0 Å². The highest BCUT2D eigenvalue weighted by Gasteiger charge is 2.08. The molecule has 0 atom stereocenters. The number of rotatable bonds is 11. The molecule has 0 spiro atoms. The van der Waals surface area contributed by atoms with E-state index in [2.05, 4.69) is 41.5 Å². The Bertz CT molecular complexity index is 888. The minimum atomic E-state index is 0.784. The molecule has 0 bridgehead atoms. The van der Waals surface area contributed by atoms with Gasteiger partial charge in [-0.3, -0.25) is 5.43 Å². The fourth-order valence-electron chi connectivity index (χ4n) is 3.02. The second kappa shape index (κ2) is 11.4. The van der Waals surface area contributed by atoms with E-state index in [0.29, 0.717) is 0 Å². The number of anilines is 1. The molecule has 1 heterocycles. The minimum absolute atomic E-state index is 0.784. The Morgan fingerprint density at radius 2 is 1.76 bits per heavy atom. The summed E-state index contributed by atoms with van der Waals surface area (Å²) in [6, 6.07) is 18.2. The summed E-state index contributed by atoms with van der Waals surface area (Å²) in [5.74, 6) is 0.911. The first-order chi connectivity index (χ1) is 14.3. The Morgan fingerprint density at radius 3 is 2.52 bits per heavy atom. The Hall–Kier alpha value is -2.66. The van der Waals surface area contributed by atoms with E-state index in [1.165, 1.54) is 30.6 Å². The zero-order valence-corrected chi connectivity index (χ0v) is 18.0. The predicted octanol–water partition coefficient (Wildman–Crippen LogP) is 6.91. The van der Waals surface area contributed by atoms with E-state index in [1.807, 2.05) is 42.5 Å². The molecule has 1 N–H and O–H groups in total. The van der Waals surface area contributed by atoms with Crippen molar-refractivity contribution in [2.75, 3.05) is 12.0 Å². The molecule has 29 heavy (non-hydrogen) atoms. The fourth-order valence-corrected chi connectivity index (χ4v) is 3.80. The van der Waals surface area contributed by atoms with Crippen molar-refractivity contribution in [3.8, 4) is 17.0 Å². The number of aromatic nitrogens is 1. The Labute approximate surface area is 177 Å². The molecule has 3 aromatic rings. The number of ether oxygens (including phenoxy) is 1. The molecule has 0 aliphatic rings. The van der Waals surface area contributed by atoms with Crippen LogP contribution < -0.4 is 10.2 Å². The van der Waals surface area contributed by atoms with Crippen LogP contribution in [0.3, 0.4) is 0 Å². The zero-order chi connectivity index (χ0) is 20.3. The minimum Gasteiger partial charge on any atom is -0.494 e. The van der Waals surface area contributed by atoms with Gasteiger partial charge >= 0.3 is 0 Å². The van der Waals surface area contributed by atoms with Gasteiger partial charge in [-0.15, -0.1) is 11.3 Å². The lowest BCUT2D eigenvalue weighted by atomic mass is 10.1. The van der Waals surface area contributed by atoms with E-state index in [9.17, 15) is 0 Å². The highest BCUT2D eigenvalue weighted by Crippen LogP contribution is 2.30. The van der Waals surface area contributed by atoms with Gasteiger partial charge in [-0.2, -0.15) is 5.10 Å². The van der Waals surface area contributed by atoms with Crippen LogP contribution in [-0.4, -0.2) is 17.8 Å². The SMILES string of the molecule is CCCCCCCOc1ccc(/C=N\Nc2nc(-c3ccccc3)c(C)s2)cc1. The summed E-state index contributed by atoms with van der Waals surface area (Å²) in [7, 11) is 0. The summed E-state index contributed by atoms with van der Waals surface area (Å²) in [4.78, 5) is 5.83. The predicted molar refractivity (Wildman–Crippen MR) is 124 cm³/mol. The Balaban J connectivity index is 1.47. The van der Waals surface area contributed by atoms with Crippen molar-refractivity contribution in [2.45, 2.75) is 46.0 Å². The number of unbranched alkanes of at least 4 members (excludes halogenated alkanes) is 4. The molecule has 0 aliphatic carbocycles. The van der Waals surface area contributed by atoms with E-state index >= 15 is 0 Å². The maximum absolute atomic E-state index is 5.80. The van der Waals surface area contributed by atoms with Gasteiger partial charge in [-0.1, -0.05) is 62.9 Å². The zero-order valence-electron chi connectivity index (χ0n) is 17.2. The molecule has 0 aliphatic heterocycles. The number of aryl methyl sites for hydroxylation is 1. The second-order valence-corrected chi connectivity index (χ2v) is 8.19. The van der Waals surface area contributed by atoms with Crippen LogP contribution in [0.4, 0.5) is 5.13 Å². The number of hydrazone groups is 1. The fraction of sp³-hybridized carbons (Fsp3) is 0.333. The van der Waals surface area contributed by atoms with Gasteiger partial charge in [0.25, 0.3) is 0 Å². The largest absolute Gasteiger partial charge is 0.494 e. The van der Waals surface area contributed by atoms with Crippen LogP contribution in [0.2, 0.25) is 0 Å². The van der Waals surface area contributed by atoms with Gasteiger partial charge in [0.05, 0.1) is 18.5 Å². The van der Waals surface area contributed by atoms with Crippen molar-refractivity contribution in [1.82, 2.24) is 4.98 Å². The van der Waals surface area contributed by atoms with Crippen LogP contribution in [0.25, 0.3) is 11.3 Å². The number of nitrogens with zero attached hydrogens (tertiary/aromatic N) is 2. The summed E-state index contributed by atoms with van der Waals surface area (Å²) in [6.45, 7) is 5.10. The van der Waals surface area contributed by atoms with Crippen LogP contribution in [0.1, 0.15) is 49.5 Å². The first-order valence-electron chi connectivity index (χ1n) is 10.3. The molecule has 0 amide bonds. The van der Waals surface area contributed by atoms with Crippen molar-refractivity contribution >= 4 is 22.7 Å². The van der Waals surface area contributed by atoms with Crippen molar-refractivity contribution in [2.24, 2.45) is 5.10 Å². The molecule has 0 fully saturated rings. The number of nitrogens with one attached hydrogen (secondary N) is 1. The highest BCUT2D eigenvalue weighted by molar-refractivity contribution is 7.15. The molecule has 3 rings (SSSR count). The van der Waals surface area contributed by atoms with E-state index in [4.69, 9.17) is 4.74 Å². The monoisotopic (exact) mass is 407 g/mol. The first-order valence-corrected chi connectivity index (χ1v) is 11.1. The highest BCUT2D eigenvalue weighted by atomic mass is 32.1. The van der Waals surface area contributed by atoms with Crippen LogP contribution in [0.15, 0.2) is 59.7 Å². The average molecular weight is 408 g/mol. The molecule has 152 valence electrons. The van der Waals surface area contributed by atoms with E-state index in [0.717, 1.165) is 40.7 Å². The molecule has 0 saturated carbocycles. The number of benzene rings is 2. The topological polar surface area (TPSA) is 46.5 Å². The third-order valence-electron chi connectivity index (χ3n) is 4.61. The van der Waals surface area contributed by atoms with Crippen LogP contribution in [0, 0.1) is 6.92 Å². The lowest BCUT2D eigenvalue weighted by molar-refractivity contribution is 0.304. The van der Waals surface area contributed by atoms with Crippen molar-refractivity contribution < 1.29 is 4.74 Å². The summed E-state index contributed by atoms with van der Waals surface area (Å²) in [5.41, 5.74) is 6.19. The number of thiazole rings is 1. The van der Waals surface area contributed by atoms with Crippen LogP contribution >= 0.6 is 11.3 Å². The second-order valence-electron chi connectivity index (χ2n) is 6.99. The number of hydrogen-bond acceptors (Lipinski definition) is 5. The normalized spacial score (nSPS) is 11.1. The third kappa shape index (κ3) is 6.71. The molecule has 0 radical (unpaired) electrons. The van der Waals surface area contributed by atoms with Gasteiger partial charge in [0, 0.05) is 10.4 Å². The molecule has 5 heteroatoms. The third-order valence-corrected chi connectivity index (χ3v) is 5.49. The van der Waals surface area contributed by atoms with E-state index < -0.39 is 0 Å². The van der Waals surface area contributed by atoms with E-state index in [1.54, 1.807) is 17.6 Å². The van der Waals surface area contributed by atoms with Crippen LogP contribution in [0.5, 0.6) is 5.75 Å². The summed E-state index contributed by atoms with van der Waals surface area (Å²) in [5, 5.41) is 5.12. The van der Waals surface area contributed by atoms with Gasteiger partial charge in [0.2, 0.25) is 5.13 Å². The average Bonchev–Trinajstić information content (AvgIpc) is 3.13. The van der Waals surface area contributed by atoms with Crippen molar-refractivity contribution in [1.29, 1.82) is 0 Å². The molecular weight excluding hydrogens is 378 g/mol. The first kappa shape index (κ1) is 21.1. The van der Waals surface area contributed by atoms with Crippen molar-refractivity contribution in [3.05, 3.63) is 65.0 Å². The maximum atomic E-state index is 5.80. The molecular formula is C24H29N3OS. The molecule has 0 saturated heterocycles. The lowest BCUT2D eigenvalue weighted by Gasteiger charge is -2.06. The quantitative estimate of drug-likeness (QED) is 0.213.